The number of hydrogen-bond acceptors (Lipinski definition) is 1. The van der Waals surface area contributed by atoms with Gasteiger partial charge in [-0.2, -0.15) is 0 Å². The summed E-state index contributed by atoms with van der Waals surface area (Å²) in [6, 6.07) is 11.8. The van der Waals surface area contributed by atoms with Crippen molar-refractivity contribution in [2.24, 2.45) is 0 Å². The highest BCUT2D eigenvalue weighted by Crippen LogP contribution is 2.19. The van der Waals surface area contributed by atoms with E-state index in [0.29, 0.717) is 11.9 Å². The Morgan fingerprint density at radius 1 is 1.12 bits per heavy atom. The molecule has 2 nitrogen and oxygen atoms in total. The Balaban J connectivity index is 2.07. The van der Waals surface area contributed by atoms with Crippen molar-refractivity contribution in [3.63, 3.8) is 0 Å². The zero-order valence-electron chi connectivity index (χ0n) is 9.18. The molecule has 84 valence electrons. The SMILES string of the molecule is Fc1cn(Cc2ccccc2)c2ccncc12. The van der Waals surface area contributed by atoms with Crippen molar-refractivity contribution in [3.05, 3.63) is 66.4 Å². The Hall–Kier alpha value is -2.16. The highest BCUT2D eigenvalue weighted by molar-refractivity contribution is 5.79. The summed E-state index contributed by atoms with van der Waals surface area (Å²) in [5.74, 6) is -0.218. The first-order valence-corrected chi connectivity index (χ1v) is 5.47. The summed E-state index contributed by atoms with van der Waals surface area (Å²) < 4.78 is 15.6. The monoisotopic (exact) mass is 226 g/mol. The van der Waals surface area contributed by atoms with Crippen molar-refractivity contribution in [3.8, 4) is 0 Å². The van der Waals surface area contributed by atoms with Crippen molar-refractivity contribution in [2.75, 3.05) is 0 Å². The van der Waals surface area contributed by atoms with Crippen LogP contribution in [0, 0.1) is 5.82 Å². The molecule has 0 radical (unpaired) electrons. The Morgan fingerprint density at radius 3 is 2.76 bits per heavy atom. The third-order valence-corrected chi connectivity index (χ3v) is 2.83. The van der Waals surface area contributed by atoms with E-state index >= 15 is 0 Å². The second kappa shape index (κ2) is 4.01. The van der Waals surface area contributed by atoms with Crippen LogP contribution in [0.5, 0.6) is 0 Å². The predicted molar refractivity (Wildman–Crippen MR) is 65.2 cm³/mol. The average molecular weight is 226 g/mol. The number of pyridine rings is 1. The molecule has 0 unspecified atom stereocenters. The molecule has 0 N–H and O–H groups in total. The molecule has 3 rings (SSSR count). The van der Waals surface area contributed by atoms with Gasteiger partial charge in [-0.15, -0.1) is 0 Å². The van der Waals surface area contributed by atoms with E-state index in [-0.39, 0.29) is 5.82 Å². The normalized spacial score (nSPS) is 10.9. The van der Waals surface area contributed by atoms with Gasteiger partial charge in [0.2, 0.25) is 0 Å². The van der Waals surface area contributed by atoms with Gasteiger partial charge in [0, 0.05) is 25.1 Å². The van der Waals surface area contributed by atoms with E-state index in [0.717, 1.165) is 11.1 Å². The molecule has 17 heavy (non-hydrogen) atoms. The molecule has 2 heterocycles. The Bertz CT molecular complexity index is 644. The maximum absolute atomic E-state index is 13.6. The lowest BCUT2D eigenvalue weighted by Crippen LogP contribution is -1.97. The number of hydrogen-bond donors (Lipinski definition) is 0. The van der Waals surface area contributed by atoms with Crippen molar-refractivity contribution in [1.29, 1.82) is 0 Å². The first kappa shape index (κ1) is 10.0. The number of benzene rings is 1. The van der Waals surface area contributed by atoms with Gasteiger partial charge >= 0.3 is 0 Å². The number of aromatic nitrogens is 2. The molecule has 3 heteroatoms. The van der Waals surface area contributed by atoms with Gasteiger partial charge < -0.3 is 4.57 Å². The van der Waals surface area contributed by atoms with Crippen molar-refractivity contribution < 1.29 is 4.39 Å². The number of rotatable bonds is 2. The highest BCUT2D eigenvalue weighted by atomic mass is 19.1. The molecular formula is C14H11FN2. The molecule has 0 spiro atoms. The number of nitrogens with zero attached hydrogens (tertiary/aromatic N) is 2. The van der Waals surface area contributed by atoms with E-state index in [1.807, 2.05) is 41.0 Å². The third kappa shape index (κ3) is 1.80. The second-order valence-electron chi connectivity index (χ2n) is 3.98. The van der Waals surface area contributed by atoms with Crippen molar-refractivity contribution in [2.45, 2.75) is 6.54 Å². The third-order valence-electron chi connectivity index (χ3n) is 2.83. The first-order chi connectivity index (χ1) is 8.34. The predicted octanol–water partition coefficient (Wildman–Crippen LogP) is 3.22. The Kier molecular flexibility index (Phi) is 2.37. The van der Waals surface area contributed by atoms with Gasteiger partial charge in [0.1, 0.15) is 5.82 Å². The Labute approximate surface area is 98.3 Å². The maximum Gasteiger partial charge on any atom is 0.150 e. The molecule has 0 amide bonds. The zero-order chi connectivity index (χ0) is 11.7. The van der Waals surface area contributed by atoms with Crippen LogP contribution in [0.4, 0.5) is 4.39 Å². The van der Waals surface area contributed by atoms with Crippen LogP contribution in [0.25, 0.3) is 10.9 Å². The summed E-state index contributed by atoms with van der Waals surface area (Å²) in [6.45, 7) is 0.672. The lowest BCUT2D eigenvalue weighted by atomic mass is 10.2. The minimum absolute atomic E-state index is 0.218. The van der Waals surface area contributed by atoms with E-state index < -0.39 is 0 Å². The molecule has 3 aromatic rings. The molecule has 0 aliphatic heterocycles. The summed E-state index contributed by atoms with van der Waals surface area (Å²) in [5.41, 5.74) is 2.03. The molecule has 0 saturated carbocycles. The maximum atomic E-state index is 13.6. The van der Waals surface area contributed by atoms with E-state index in [2.05, 4.69) is 4.98 Å². The molecule has 0 saturated heterocycles. The van der Waals surface area contributed by atoms with E-state index in [1.54, 1.807) is 12.4 Å². The van der Waals surface area contributed by atoms with Crippen LogP contribution in [-0.2, 0) is 6.54 Å². The van der Waals surface area contributed by atoms with Gasteiger partial charge in [-0.25, -0.2) is 4.39 Å². The minimum atomic E-state index is -0.218. The molecule has 0 fully saturated rings. The molecular weight excluding hydrogens is 215 g/mol. The molecule has 2 aromatic heterocycles. The topological polar surface area (TPSA) is 17.8 Å². The summed E-state index contributed by atoms with van der Waals surface area (Å²) in [5, 5.41) is 0.573. The van der Waals surface area contributed by atoms with Gasteiger partial charge in [-0.3, -0.25) is 4.98 Å². The largest absolute Gasteiger partial charge is 0.340 e. The standard InChI is InChI=1S/C14H11FN2/c15-13-10-17(9-11-4-2-1-3-5-11)14-6-7-16-8-12(13)14/h1-8,10H,9H2. The second-order valence-corrected chi connectivity index (χ2v) is 3.98. The van der Waals surface area contributed by atoms with Crippen molar-refractivity contribution in [1.82, 2.24) is 9.55 Å². The lowest BCUT2D eigenvalue weighted by molar-refractivity contribution is 0.629. The van der Waals surface area contributed by atoms with Gasteiger partial charge in [0.05, 0.1) is 10.9 Å². The van der Waals surface area contributed by atoms with Crippen LogP contribution in [0.15, 0.2) is 55.0 Å². The van der Waals surface area contributed by atoms with Gasteiger partial charge in [0.15, 0.2) is 0 Å². The average Bonchev–Trinajstić information content (AvgIpc) is 2.69. The highest BCUT2D eigenvalue weighted by Gasteiger charge is 2.07. The molecule has 0 atom stereocenters. The lowest BCUT2D eigenvalue weighted by Gasteiger charge is -2.04. The van der Waals surface area contributed by atoms with Gasteiger partial charge in [-0.1, -0.05) is 30.3 Å². The molecule has 0 aliphatic rings. The van der Waals surface area contributed by atoms with E-state index in [1.165, 1.54) is 6.20 Å². The van der Waals surface area contributed by atoms with Crippen molar-refractivity contribution >= 4 is 10.9 Å². The van der Waals surface area contributed by atoms with Gasteiger partial charge in [-0.05, 0) is 11.6 Å². The molecule has 0 bridgehead atoms. The number of halogens is 1. The first-order valence-electron chi connectivity index (χ1n) is 5.47. The summed E-state index contributed by atoms with van der Waals surface area (Å²) >= 11 is 0. The quantitative estimate of drug-likeness (QED) is 0.656. The van der Waals surface area contributed by atoms with Crippen LogP contribution in [0.2, 0.25) is 0 Å². The summed E-state index contributed by atoms with van der Waals surface area (Å²) in [4.78, 5) is 3.94. The number of fused-ring (bicyclic) bond motifs is 1. The van der Waals surface area contributed by atoms with Crippen LogP contribution < -0.4 is 0 Å². The summed E-state index contributed by atoms with van der Waals surface area (Å²) in [6.07, 6.45) is 4.77. The smallest absolute Gasteiger partial charge is 0.150 e. The van der Waals surface area contributed by atoms with E-state index in [9.17, 15) is 4.39 Å². The van der Waals surface area contributed by atoms with Crippen LogP contribution >= 0.6 is 0 Å². The summed E-state index contributed by atoms with van der Waals surface area (Å²) in [7, 11) is 0. The zero-order valence-corrected chi connectivity index (χ0v) is 9.18. The fraction of sp³-hybridized carbons (Fsp3) is 0.0714. The fourth-order valence-corrected chi connectivity index (χ4v) is 2.01. The van der Waals surface area contributed by atoms with Crippen LogP contribution in [0.3, 0.4) is 0 Å². The van der Waals surface area contributed by atoms with Crippen LogP contribution in [-0.4, -0.2) is 9.55 Å². The van der Waals surface area contributed by atoms with E-state index in [4.69, 9.17) is 0 Å². The fourth-order valence-electron chi connectivity index (χ4n) is 2.01. The minimum Gasteiger partial charge on any atom is -0.340 e. The Morgan fingerprint density at radius 2 is 1.94 bits per heavy atom. The van der Waals surface area contributed by atoms with Crippen LogP contribution in [0.1, 0.15) is 5.56 Å². The van der Waals surface area contributed by atoms with Gasteiger partial charge in [0.25, 0.3) is 0 Å². The molecule has 1 aromatic carbocycles. The molecule has 0 aliphatic carbocycles.